The molecule has 0 aliphatic carbocycles. The van der Waals surface area contributed by atoms with Crippen LogP contribution in [0.15, 0.2) is 42.5 Å². The van der Waals surface area contributed by atoms with Crippen LogP contribution in [0.5, 0.6) is 5.75 Å². The standard InChI is InChI=1S/C19H21ClN2O2/c1-4-22(23)19-13(2)21(12-14-5-7-15(20)8-6-14)18-10-9-16(24-3)11-17(18)19/h5-11,23H,4,12H2,1-3H3. The third-order valence-electron chi connectivity index (χ3n) is 4.31. The van der Waals surface area contributed by atoms with Crippen molar-refractivity contribution < 1.29 is 9.94 Å². The number of nitrogens with zero attached hydrogens (tertiary/aromatic N) is 2. The summed E-state index contributed by atoms with van der Waals surface area (Å²) in [6.07, 6.45) is 0. The van der Waals surface area contributed by atoms with Gasteiger partial charge in [0, 0.05) is 29.2 Å². The second-order valence-electron chi connectivity index (χ2n) is 5.75. The first kappa shape index (κ1) is 16.7. The Balaban J connectivity index is 2.16. The number of halogens is 1. The highest BCUT2D eigenvalue weighted by atomic mass is 35.5. The second-order valence-corrected chi connectivity index (χ2v) is 6.18. The zero-order valence-electron chi connectivity index (χ0n) is 14.1. The van der Waals surface area contributed by atoms with Gasteiger partial charge in [0.15, 0.2) is 0 Å². The number of hydroxylamine groups is 1. The molecule has 0 radical (unpaired) electrons. The van der Waals surface area contributed by atoms with Crippen LogP contribution < -0.4 is 9.80 Å². The van der Waals surface area contributed by atoms with Crippen LogP contribution in [-0.2, 0) is 6.54 Å². The molecule has 1 heterocycles. The zero-order chi connectivity index (χ0) is 17.3. The molecule has 126 valence electrons. The molecule has 0 saturated heterocycles. The van der Waals surface area contributed by atoms with E-state index in [2.05, 4.69) is 4.57 Å². The molecule has 5 heteroatoms. The van der Waals surface area contributed by atoms with Crippen molar-refractivity contribution in [3.05, 3.63) is 58.7 Å². The minimum absolute atomic E-state index is 0.512. The van der Waals surface area contributed by atoms with Crippen LogP contribution in [0.1, 0.15) is 18.2 Å². The Bertz CT molecular complexity index is 856. The number of benzene rings is 2. The van der Waals surface area contributed by atoms with Gasteiger partial charge in [0.1, 0.15) is 5.75 Å². The largest absolute Gasteiger partial charge is 0.497 e. The highest BCUT2D eigenvalue weighted by molar-refractivity contribution is 6.30. The summed E-state index contributed by atoms with van der Waals surface area (Å²) in [5.41, 5.74) is 4.05. The monoisotopic (exact) mass is 344 g/mol. The van der Waals surface area contributed by atoms with Crippen LogP contribution in [-0.4, -0.2) is 23.4 Å². The molecule has 3 rings (SSSR count). The number of rotatable bonds is 5. The summed E-state index contributed by atoms with van der Waals surface area (Å²) >= 11 is 5.98. The Morgan fingerprint density at radius 1 is 1.17 bits per heavy atom. The number of fused-ring (bicyclic) bond motifs is 1. The molecule has 0 bridgehead atoms. The van der Waals surface area contributed by atoms with E-state index in [1.54, 1.807) is 7.11 Å². The molecule has 1 N–H and O–H groups in total. The van der Waals surface area contributed by atoms with Gasteiger partial charge < -0.3 is 9.30 Å². The molecule has 1 aromatic heterocycles. The molecule has 0 saturated carbocycles. The van der Waals surface area contributed by atoms with Crippen LogP contribution in [0, 0.1) is 6.92 Å². The van der Waals surface area contributed by atoms with Crippen LogP contribution in [0.4, 0.5) is 5.69 Å². The minimum Gasteiger partial charge on any atom is -0.497 e. The van der Waals surface area contributed by atoms with Crippen molar-refractivity contribution in [3.8, 4) is 5.75 Å². The minimum atomic E-state index is 0.512. The van der Waals surface area contributed by atoms with E-state index < -0.39 is 0 Å². The number of ether oxygens (including phenoxy) is 1. The predicted molar refractivity (Wildman–Crippen MR) is 98.6 cm³/mol. The van der Waals surface area contributed by atoms with Gasteiger partial charge in [0.05, 0.1) is 18.3 Å². The van der Waals surface area contributed by atoms with E-state index in [0.717, 1.165) is 38.6 Å². The molecule has 0 aliphatic rings. The maximum absolute atomic E-state index is 10.3. The lowest BCUT2D eigenvalue weighted by atomic mass is 10.2. The van der Waals surface area contributed by atoms with Gasteiger partial charge in [-0.15, -0.1) is 0 Å². The summed E-state index contributed by atoms with van der Waals surface area (Å²) in [6, 6.07) is 13.8. The number of hydrogen-bond donors (Lipinski definition) is 1. The quantitative estimate of drug-likeness (QED) is 0.670. The lowest BCUT2D eigenvalue weighted by Crippen LogP contribution is -2.17. The van der Waals surface area contributed by atoms with Gasteiger partial charge in [-0.3, -0.25) is 10.3 Å². The summed E-state index contributed by atoms with van der Waals surface area (Å²) < 4.78 is 7.55. The summed E-state index contributed by atoms with van der Waals surface area (Å²) in [5, 5.41) is 13.3. The molecule has 0 spiro atoms. The SMILES string of the molecule is CCN(O)c1c(C)n(Cc2ccc(Cl)cc2)c2ccc(OC)cc12. The Kier molecular flexibility index (Phi) is 4.69. The van der Waals surface area contributed by atoms with Crippen LogP contribution in [0.3, 0.4) is 0 Å². The fraction of sp³-hybridized carbons (Fsp3) is 0.263. The fourth-order valence-electron chi connectivity index (χ4n) is 3.03. The maximum Gasteiger partial charge on any atom is 0.119 e. The summed E-state index contributed by atoms with van der Waals surface area (Å²) in [6.45, 7) is 5.17. The van der Waals surface area contributed by atoms with Gasteiger partial charge in [0.25, 0.3) is 0 Å². The fourth-order valence-corrected chi connectivity index (χ4v) is 3.16. The van der Waals surface area contributed by atoms with E-state index >= 15 is 0 Å². The van der Waals surface area contributed by atoms with Crippen molar-refractivity contribution in [2.24, 2.45) is 0 Å². The summed E-state index contributed by atoms with van der Waals surface area (Å²) in [4.78, 5) is 0. The average Bonchev–Trinajstić information content (AvgIpc) is 2.87. The molecule has 2 aromatic carbocycles. The van der Waals surface area contributed by atoms with Gasteiger partial charge in [-0.1, -0.05) is 23.7 Å². The highest BCUT2D eigenvalue weighted by Crippen LogP contribution is 2.35. The molecule has 0 aliphatic heterocycles. The van der Waals surface area contributed by atoms with E-state index in [1.807, 2.05) is 56.3 Å². The van der Waals surface area contributed by atoms with Crippen LogP contribution in [0.2, 0.25) is 5.02 Å². The normalized spacial score (nSPS) is 11.0. The Morgan fingerprint density at radius 3 is 2.50 bits per heavy atom. The van der Waals surface area contributed by atoms with Gasteiger partial charge in [0.2, 0.25) is 0 Å². The van der Waals surface area contributed by atoms with Crippen molar-refractivity contribution in [1.29, 1.82) is 0 Å². The van der Waals surface area contributed by atoms with Crippen molar-refractivity contribution in [3.63, 3.8) is 0 Å². The van der Waals surface area contributed by atoms with Crippen molar-refractivity contribution >= 4 is 28.2 Å². The van der Waals surface area contributed by atoms with E-state index in [1.165, 1.54) is 5.06 Å². The zero-order valence-corrected chi connectivity index (χ0v) is 14.8. The van der Waals surface area contributed by atoms with Crippen molar-refractivity contribution in [2.45, 2.75) is 20.4 Å². The molecule has 0 unspecified atom stereocenters. The molecule has 24 heavy (non-hydrogen) atoms. The summed E-state index contributed by atoms with van der Waals surface area (Å²) in [5.74, 6) is 0.775. The Labute approximate surface area is 146 Å². The van der Waals surface area contributed by atoms with Gasteiger partial charge >= 0.3 is 0 Å². The van der Waals surface area contributed by atoms with Gasteiger partial charge in [-0.05, 0) is 49.7 Å². The number of hydrogen-bond acceptors (Lipinski definition) is 3. The van der Waals surface area contributed by atoms with E-state index in [9.17, 15) is 5.21 Å². The molecule has 0 fully saturated rings. The van der Waals surface area contributed by atoms with Crippen LogP contribution >= 0.6 is 11.6 Å². The topological polar surface area (TPSA) is 37.6 Å². The van der Waals surface area contributed by atoms with Crippen LogP contribution in [0.25, 0.3) is 10.9 Å². The van der Waals surface area contributed by atoms with E-state index in [0.29, 0.717) is 13.1 Å². The van der Waals surface area contributed by atoms with E-state index in [4.69, 9.17) is 16.3 Å². The first-order valence-corrected chi connectivity index (χ1v) is 8.30. The molecule has 4 nitrogen and oxygen atoms in total. The molecular formula is C19H21ClN2O2. The molecule has 0 atom stereocenters. The van der Waals surface area contributed by atoms with Gasteiger partial charge in [-0.25, -0.2) is 0 Å². The molecule has 0 amide bonds. The van der Waals surface area contributed by atoms with Crippen molar-refractivity contribution in [2.75, 3.05) is 18.7 Å². The molecule has 3 aromatic rings. The number of aromatic nitrogens is 1. The van der Waals surface area contributed by atoms with Crippen molar-refractivity contribution in [1.82, 2.24) is 4.57 Å². The summed E-state index contributed by atoms with van der Waals surface area (Å²) in [7, 11) is 1.65. The van der Waals surface area contributed by atoms with Gasteiger partial charge in [-0.2, -0.15) is 0 Å². The highest BCUT2D eigenvalue weighted by Gasteiger charge is 2.18. The maximum atomic E-state index is 10.3. The number of anilines is 1. The lowest BCUT2D eigenvalue weighted by Gasteiger charge is -2.15. The van der Waals surface area contributed by atoms with E-state index in [-0.39, 0.29) is 0 Å². The first-order valence-electron chi connectivity index (χ1n) is 7.92. The lowest BCUT2D eigenvalue weighted by molar-refractivity contribution is 0.260. The second kappa shape index (κ2) is 6.75. The first-order chi connectivity index (χ1) is 11.5. The third kappa shape index (κ3) is 2.95. The third-order valence-corrected chi connectivity index (χ3v) is 4.56. The average molecular weight is 345 g/mol. The molecular weight excluding hydrogens is 324 g/mol. The smallest absolute Gasteiger partial charge is 0.119 e. The Morgan fingerprint density at radius 2 is 1.88 bits per heavy atom. The number of methoxy groups -OCH3 is 1. The Hall–Kier alpha value is -2.17. The predicted octanol–water partition coefficient (Wildman–Crippen LogP) is 4.88.